The van der Waals surface area contributed by atoms with E-state index < -0.39 is 0 Å². The molecule has 4 heteroatoms. The van der Waals surface area contributed by atoms with E-state index in [1.54, 1.807) is 7.11 Å². The molecule has 0 spiro atoms. The van der Waals surface area contributed by atoms with Crippen molar-refractivity contribution in [3.05, 3.63) is 29.8 Å². The van der Waals surface area contributed by atoms with Crippen molar-refractivity contribution in [2.45, 2.75) is 37.7 Å². The minimum atomic E-state index is -0.201. The van der Waals surface area contributed by atoms with E-state index in [1.807, 2.05) is 24.3 Å². The first-order valence-electron chi connectivity index (χ1n) is 7.29. The molecule has 1 N–H and O–H groups in total. The van der Waals surface area contributed by atoms with Crippen LogP contribution in [0.2, 0.25) is 0 Å². The number of hydrogen-bond donors (Lipinski definition) is 1. The Bertz CT molecular complexity index is 377. The highest BCUT2D eigenvalue weighted by atomic mass is 16.7. The molecule has 0 radical (unpaired) electrons. The predicted octanol–water partition coefficient (Wildman–Crippen LogP) is 2.70. The lowest BCUT2D eigenvalue weighted by atomic mass is 9.82. The number of methoxy groups -OCH3 is 1. The van der Waals surface area contributed by atoms with Gasteiger partial charge in [0.2, 0.25) is 0 Å². The second-order valence-electron chi connectivity index (χ2n) is 5.19. The van der Waals surface area contributed by atoms with Crippen molar-refractivity contribution in [3.8, 4) is 5.75 Å². The highest BCUT2D eigenvalue weighted by Crippen LogP contribution is 2.33. The summed E-state index contributed by atoms with van der Waals surface area (Å²) in [4.78, 5) is 0. The van der Waals surface area contributed by atoms with Crippen LogP contribution in [0.1, 0.15) is 37.2 Å². The van der Waals surface area contributed by atoms with Crippen molar-refractivity contribution in [2.75, 3.05) is 27.1 Å². The van der Waals surface area contributed by atoms with Crippen molar-refractivity contribution in [2.24, 2.45) is 0 Å². The number of ether oxygens (including phenoxy) is 3. The van der Waals surface area contributed by atoms with Gasteiger partial charge in [0.15, 0.2) is 6.79 Å². The standard InChI is InChI=1S/C16H24O4/c1-18-10-11-19-12-20-14-8-6-13(7-9-14)15-4-2-3-5-16(15)17/h6-9,15-17H,2-5,10-12H2,1H3. The number of benzene rings is 1. The van der Waals surface area contributed by atoms with Crippen LogP contribution in [0, 0.1) is 0 Å². The van der Waals surface area contributed by atoms with Gasteiger partial charge in [0, 0.05) is 13.0 Å². The molecule has 0 amide bonds. The molecular weight excluding hydrogens is 256 g/mol. The molecule has 1 saturated carbocycles. The first-order valence-corrected chi connectivity index (χ1v) is 7.29. The smallest absolute Gasteiger partial charge is 0.189 e. The van der Waals surface area contributed by atoms with Gasteiger partial charge >= 0.3 is 0 Å². The van der Waals surface area contributed by atoms with Gasteiger partial charge in [-0.25, -0.2) is 0 Å². The minimum absolute atomic E-state index is 0.201. The molecule has 1 fully saturated rings. The summed E-state index contributed by atoms with van der Waals surface area (Å²) in [5, 5.41) is 10.1. The van der Waals surface area contributed by atoms with Gasteiger partial charge in [-0.15, -0.1) is 0 Å². The maximum Gasteiger partial charge on any atom is 0.189 e. The zero-order valence-electron chi connectivity index (χ0n) is 12.1. The normalized spacial score (nSPS) is 22.7. The van der Waals surface area contributed by atoms with E-state index in [2.05, 4.69) is 0 Å². The summed E-state index contributed by atoms with van der Waals surface area (Å²) in [6.07, 6.45) is 4.12. The first-order chi connectivity index (χ1) is 9.81. The summed E-state index contributed by atoms with van der Waals surface area (Å²) in [7, 11) is 1.64. The number of rotatable bonds is 7. The van der Waals surface area contributed by atoms with Gasteiger partial charge in [-0.3, -0.25) is 0 Å². The van der Waals surface area contributed by atoms with Gasteiger partial charge in [0.25, 0.3) is 0 Å². The van der Waals surface area contributed by atoms with Gasteiger partial charge in [0.1, 0.15) is 5.75 Å². The maximum atomic E-state index is 10.1. The van der Waals surface area contributed by atoms with E-state index >= 15 is 0 Å². The third-order valence-corrected chi connectivity index (χ3v) is 3.78. The molecule has 112 valence electrons. The second-order valence-corrected chi connectivity index (χ2v) is 5.19. The third-order valence-electron chi connectivity index (χ3n) is 3.78. The molecule has 1 aromatic rings. The fraction of sp³-hybridized carbons (Fsp3) is 0.625. The van der Waals surface area contributed by atoms with Crippen LogP contribution in [0.15, 0.2) is 24.3 Å². The molecule has 1 aromatic carbocycles. The van der Waals surface area contributed by atoms with Gasteiger partial charge < -0.3 is 19.3 Å². The molecule has 2 atom stereocenters. The van der Waals surface area contributed by atoms with Gasteiger partial charge in [-0.1, -0.05) is 25.0 Å². The minimum Gasteiger partial charge on any atom is -0.468 e. The summed E-state index contributed by atoms with van der Waals surface area (Å²) in [6, 6.07) is 7.97. The van der Waals surface area contributed by atoms with Crippen LogP contribution in [-0.4, -0.2) is 38.3 Å². The number of hydrogen-bond acceptors (Lipinski definition) is 4. The summed E-state index contributed by atoms with van der Waals surface area (Å²) in [6.45, 7) is 1.33. The topological polar surface area (TPSA) is 47.9 Å². The Kier molecular flexibility index (Phi) is 6.30. The van der Waals surface area contributed by atoms with Crippen molar-refractivity contribution in [1.29, 1.82) is 0 Å². The average molecular weight is 280 g/mol. The Labute approximate surface area is 120 Å². The Morgan fingerprint density at radius 3 is 2.55 bits per heavy atom. The lowest BCUT2D eigenvalue weighted by molar-refractivity contribution is -0.00849. The quantitative estimate of drug-likeness (QED) is 0.616. The van der Waals surface area contributed by atoms with Crippen LogP contribution >= 0.6 is 0 Å². The molecular formula is C16H24O4. The van der Waals surface area contributed by atoms with E-state index in [-0.39, 0.29) is 18.8 Å². The fourth-order valence-corrected chi connectivity index (χ4v) is 2.62. The maximum absolute atomic E-state index is 10.1. The lowest BCUT2D eigenvalue weighted by Crippen LogP contribution is -2.22. The van der Waals surface area contributed by atoms with E-state index in [0.29, 0.717) is 13.2 Å². The summed E-state index contributed by atoms with van der Waals surface area (Å²) in [5.41, 5.74) is 1.20. The number of aliphatic hydroxyl groups excluding tert-OH is 1. The van der Waals surface area contributed by atoms with Gasteiger partial charge in [-0.05, 0) is 30.5 Å². The first kappa shape index (κ1) is 15.3. The van der Waals surface area contributed by atoms with Crippen LogP contribution in [-0.2, 0) is 9.47 Å². The molecule has 20 heavy (non-hydrogen) atoms. The predicted molar refractivity (Wildman–Crippen MR) is 77.0 cm³/mol. The van der Waals surface area contributed by atoms with E-state index in [9.17, 15) is 5.11 Å². The monoisotopic (exact) mass is 280 g/mol. The van der Waals surface area contributed by atoms with Crippen LogP contribution in [0.4, 0.5) is 0 Å². The van der Waals surface area contributed by atoms with Crippen LogP contribution in [0.3, 0.4) is 0 Å². The summed E-state index contributed by atoms with van der Waals surface area (Å²) >= 11 is 0. The Morgan fingerprint density at radius 1 is 1.10 bits per heavy atom. The van der Waals surface area contributed by atoms with Crippen molar-refractivity contribution in [3.63, 3.8) is 0 Å². The highest BCUT2D eigenvalue weighted by Gasteiger charge is 2.24. The highest BCUT2D eigenvalue weighted by molar-refractivity contribution is 5.30. The molecule has 2 unspecified atom stereocenters. The van der Waals surface area contributed by atoms with E-state index in [1.165, 1.54) is 12.0 Å². The van der Waals surface area contributed by atoms with Crippen molar-refractivity contribution in [1.82, 2.24) is 0 Å². The third kappa shape index (κ3) is 4.47. The molecule has 0 bridgehead atoms. The Hall–Kier alpha value is -1.10. The molecule has 0 saturated heterocycles. The number of aliphatic hydroxyl groups is 1. The lowest BCUT2D eigenvalue weighted by Gasteiger charge is -2.28. The Morgan fingerprint density at radius 2 is 1.85 bits per heavy atom. The van der Waals surface area contributed by atoms with Crippen LogP contribution in [0.25, 0.3) is 0 Å². The van der Waals surface area contributed by atoms with Crippen molar-refractivity contribution >= 4 is 0 Å². The molecule has 0 heterocycles. The van der Waals surface area contributed by atoms with Gasteiger partial charge in [0.05, 0.1) is 19.3 Å². The summed E-state index contributed by atoms with van der Waals surface area (Å²) < 4.78 is 15.6. The molecule has 2 rings (SSSR count). The van der Waals surface area contributed by atoms with Gasteiger partial charge in [-0.2, -0.15) is 0 Å². The summed E-state index contributed by atoms with van der Waals surface area (Å²) in [5.74, 6) is 1.06. The fourth-order valence-electron chi connectivity index (χ4n) is 2.62. The molecule has 0 aliphatic heterocycles. The largest absolute Gasteiger partial charge is 0.468 e. The van der Waals surface area contributed by atoms with E-state index in [0.717, 1.165) is 25.0 Å². The molecule has 4 nitrogen and oxygen atoms in total. The van der Waals surface area contributed by atoms with Crippen LogP contribution in [0.5, 0.6) is 5.75 Å². The molecule has 1 aliphatic carbocycles. The molecule has 1 aliphatic rings. The zero-order chi connectivity index (χ0) is 14.2. The SMILES string of the molecule is COCCOCOc1ccc(C2CCCCC2O)cc1. The second kappa shape index (κ2) is 8.25. The average Bonchev–Trinajstić information content (AvgIpc) is 2.48. The zero-order valence-corrected chi connectivity index (χ0v) is 12.1. The van der Waals surface area contributed by atoms with E-state index in [4.69, 9.17) is 14.2 Å². The van der Waals surface area contributed by atoms with Crippen molar-refractivity contribution < 1.29 is 19.3 Å². The Balaban J connectivity index is 1.80. The molecule has 0 aromatic heterocycles. The van der Waals surface area contributed by atoms with Crippen LogP contribution < -0.4 is 4.74 Å².